The smallest absolute Gasteiger partial charge is 0.416 e. The average molecular weight is 344 g/mol. The highest BCUT2D eigenvalue weighted by atomic mass is 19.4. The van der Waals surface area contributed by atoms with Gasteiger partial charge in [0, 0.05) is 0 Å². The predicted octanol–water partition coefficient (Wildman–Crippen LogP) is 5.13. The number of methoxy groups -OCH3 is 1. The molecule has 1 aromatic heterocycles. The maximum atomic E-state index is 12.9. The van der Waals surface area contributed by atoms with E-state index in [9.17, 15) is 18.0 Å². The Balaban J connectivity index is 2.07. The van der Waals surface area contributed by atoms with E-state index in [1.165, 1.54) is 0 Å². The molecule has 0 aliphatic rings. The fraction of sp³-hybridized carbons (Fsp3) is 0.105. The van der Waals surface area contributed by atoms with Gasteiger partial charge in [0.1, 0.15) is 16.9 Å². The van der Waals surface area contributed by atoms with Gasteiger partial charge in [0.15, 0.2) is 0 Å². The van der Waals surface area contributed by atoms with Gasteiger partial charge in [-0.25, -0.2) is 0 Å². The summed E-state index contributed by atoms with van der Waals surface area (Å²) in [6.07, 6.45) is -4.50. The van der Waals surface area contributed by atoms with Gasteiger partial charge in [-0.2, -0.15) is 13.2 Å². The van der Waals surface area contributed by atoms with E-state index < -0.39 is 11.7 Å². The highest BCUT2D eigenvalue weighted by molar-refractivity contribution is 5.99. The van der Waals surface area contributed by atoms with E-state index in [0.717, 1.165) is 29.0 Å². The molecule has 0 saturated heterocycles. The van der Waals surface area contributed by atoms with Gasteiger partial charge in [0.25, 0.3) is 0 Å². The first kappa shape index (κ1) is 15.5. The molecule has 0 bridgehead atoms. The first-order valence-electron chi connectivity index (χ1n) is 7.42. The maximum Gasteiger partial charge on any atom is 0.416 e. The van der Waals surface area contributed by atoms with Gasteiger partial charge in [0.2, 0.25) is 5.43 Å². The largest absolute Gasteiger partial charge is 0.497 e. The SMILES string of the molecule is COc1ccc2cc3oc4cc(C(F)(F)F)ccc4c(=O)c3cc2c1. The van der Waals surface area contributed by atoms with E-state index in [4.69, 9.17) is 9.15 Å². The van der Waals surface area contributed by atoms with Gasteiger partial charge >= 0.3 is 6.18 Å². The molecule has 0 aliphatic heterocycles. The lowest BCUT2D eigenvalue weighted by atomic mass is 10.0. The van der Waals surface area contributed by atoms with Crippen LogP contribution in [0.3, 0.4) is 0 Å². The summed E-state index contributed by atoms with van der Waals surface area (Å²) in [4.78, 5) is 12.7. The third kappa shape index (κ3) is 2.50. The lowest BCUT2D eigenvalue weighted by Gasteiger charge is -2.08. The molecule has 0 N–H and O–H groups in total. The van der Waals surface area contributed by atoms with Gasteiger partial charge in [-0.1, -0.05) is 6.07 Å². The van der Waals surface area contributed by atoms with Crippen LogP contribution in [0.15, 0.2) is 57.7 Å². The molecule has 126 valence electrons. The van der Waals surface area contributed by atoms with Gasteiger partial charge in [0.05, 0.1) is 23.4 Å². The number of hydrogen-bond acceptors (Lipinski definition) is 3. The molecular formula is C19H11F3O3. The van der Waals surface area contributed by atoms with Crippen molar-refractivity contribution in [3.8, 4) is 5.75 Å². The molecule has 3 nitrogen and oxygen atoms in total. The number of rotatable bonds is 1. The second-order valence-electron chi connectivity index (χ2n) is 5.70. The molecule has 0 atom stereocenters. The fourth-order valence-electron chi connectivity index (χ4n) is 2.88. The minimum Gasteiger partial charge on any atom is -0.497 e. The third-order valence-corrected chi connectivity index (χ3v) is 4.16. The van der Waals surface area contributed by atoms with E-state index in [0.29, 0.717) is 11.1 Å². The Labute approximate surface area is 139 Å². The highest BCUT2D eigenvalue weighted by Gasteiger charge is 2.31. The topological polar surface area (TPSA) is 39.4 Å². The van der Waals surface area contributed by atoms with Gasteiger partial charge in [-0.15, -0.1) is 0 Å². The summed E-state index contributed by atoms with van der Waals surface area (Å²) < 4.78 is 49.4. The number of benzene rings is 3. The molecular weight excluding hydrogens is 333 g/mol. The maximum absolute atomic E-state index is 12.9. The molecule has 0 aliphatic carbocycles. The van der Waals surface area contributed by atoms with E-state index in [2.05, 4.69) is 0 Å². The molecule has 25 heavy (non-hydrogen) atoms. The summed E-state index contributed by atoms with van der Waals surface area (Å²) in [6, 6.07) is 11.5. The molecule has 3 aromatic carbocycles. The van der Waals surface area contributed by atoms with E-state index in [-0.39, 0.29) is 22.0 Å². The summed E-state index contributed by atoms with van der Waals surface area (Å²) in [5, 5.41) is 2.00. The van der Waals surface area contributed by atoms with Crippen LogP contribution in [0.2, 0.25) is 0 Å². The molecule has 0 saturated carbocycles. The number of hydrogen-bond donors (Lipinski definition) is 0. The lowest BCUT2D eigenvalue weighted by molar-refractivity contribution is -0.137. The summed E-state index contributed by atoms with van der Waals surface area (Å²) >= 11 is 0. The molecule has 4 aromatic rings. The Morgan fingerprint density at radius 2 is 1.64 bits per heavy atom. The zero-order valence-electron chi connectivity index (χ0n) is 13.0. The monoisotopic (exact) mass is 344 g/mol. The van der Waals surface area contributed by atoms with Crippen molar-refractivity contribution in [1.29, 1.82) is 0 Å². The van der Waals surface area contributed by atoms with Crippen molar-refractivity contribution in [2.75, 3.05) is 7.11 Å². The van der Waals surface area contributed by atoms with Crippen LogP contribution in [0.5, 0.6) is 5.75 Å². The fourth-order valence-corrected chi connectivity index (χ4v) is 2.88. The highest BCUT2D eigenvalue weighted by Crippen LogP contribution is 2.32. The van der Waals surface area contributed by atoms with Crippen LogP contribution >= 0.6 is 0 Å². The standard InChI is InChI=1S/C19H11F3O3/c1-24-13-4-2-10-8-16-15(7-11(10)6-13)18(23)14-5-3-12(19(20,21)22)9-17(14)25-16/h2-9H,1H3. The Morgan fingerprint density at radius 3 is 2.36 bits per heavy atom. The summed E-state index contributed by atoms with van der Waals surface area (Å²) in [7, 11) is 1.54. The van der Waals surface area contributed by atoms with Crippen molar-refractivity contribution in [2.24, 2.45) is 0 Å². The molecule has 0 radical (unpaired) electrons. The predicted molar refractivity (Wildman–Crippen MR) is 89.1 cm³/mol. The molecule has 0 fully saturated rings. The number of halogens is 3. The van der Waals surface area contributed by atoms with Crippen LogP contribution in [0.4, 0.5) is 13.2 Å². The zero-order valence-corrected chi connectivity index (χ0v) is 13.0. The summed E-state index contributed by atoms with van der Waals surface area (Å²) in [6.45, 7) is 0. The number of alkyl halides is 3. The first-order valence-corrected chi connectivity index (χ1v) is 7.42. The Hall–Kier alpha value is -3.02. The third-order valence-electron chi connectivity index (χ3n) is 4.16. The van der Waals surface area contributed by atoms with Crippen LogP contribution in [-0.4, -0.2) is 7.11 Å². The van der Waals surface area contributed by atoms with Crippen LogP contribution in [0, 0.1) is 0 Å². The van der Waals surface area contributed by atoms with Gasteiger partial charge in [-0.3, -0.25) is 4.79 Å². The van der Waals surface area contributed by atoms with Crippen LogP contribution < -0.4 is 10.2 Å². The number of fused-ring (bicyclic) bond motifs is 3. The van der Waals surface area contributed by atoms with Crippen LogP contribution in [-0.2, 0) is 6.18 Å². The molecule has 0 unspecified atom stereocenters. The Morgan fingerprint density at radius 1 is 0.880 bits per heavy atom. The second-order valence-corrected chi connectivity index (χ2v) is 5.70. The van der Waals surface area contributed by atoms with E-state index >= 15 is 0 Å². The quantitative estimate of drug-likeness (QED) is 0.450. The van der Waals surface area contributed by atoms with Crippen LogP contribution in [0.25, 0.3) is 32.7 Å². The lowest BCUT2D eigenvalue weighted by Crippen LogP contribution is -2.07. The Bertz CT molecular complexity index is 1190. The van der Waals surface area contributed by atoms with Crippen molar-refractivity contribution in [3.63, 3.8) is 0 Å². The van der Waals surface area contributed by atoms with E-state index in [1.807, 2.05) is 0 Å². The van der Waals surface area contributed by atoms with Crippen molar-refractivity contribution in [3.05, 3.63) is 64.3 Å². The van der Waals surface area contributed by atoms with Gasteiger partial charge in [-0.05, 0) is 53.2 Å². The van der Waals surface area contributed by atoms with Gasteiger partial charge < -0.3 is 9.15 Å². The van der Waals surface area contributed by atoms with Crippen molar-refractivity contribution < 1.29 is 22.3 Å². The minimum absolute atomic E-state index is 0.0832. The normalized spacial score (nSPS) is 12.2. The van der Waals surface area contributed by atoms with Crippen molar-refractivity contribution in [2.45, 2.75) is 6.18 Å². The molecule has 0 spiro atoms. The molecule has 6 heteroatoms. The number of ether oxygens (including phenoxy) is 1. The Kier molecular flexibility index (Phi) is 3.25. The van der Waals surface area contributed by atoms with Crippen molar-refractivity contribution >= 4 is 32.7 Å². The summed E-state index contributed by atoms with van der Waals surface area (Å²) in [5.74, 6) is 0.645. The molecule has 0 amide bonds. The average Bonchev–Trinajstić information content (AvgIpc) is 2.59. The first-order chi connectivity index (χ1) is 11.9. The van der Waals surface area contributed by atoms with Crippen molar-refractivity contribution in [1.82, 2.24) is 0 Å². The summed E-state index contributed by atoms with van der Waals surface area (Å²) in [5.41, 5.74) is -1.06. The van der Waals surface area contributed by atoms with Crippen LogP contribution in [0.1, 0.15) is 5.56 Å². The minimum atomic E-state index is -4.50. The second kappa shape index (κ2) is 5.24. The molecule has 1 heterocycles. The molecule has 4 rings (SSSR count). The zero-order chi connectivity index (χ0) is 17.8. The van der Waals surface area contributed by atoms with E-state index in [1.54, 1.807) is 37.4 Å².